The molecule has 0 unspecified atom stereocenters. The molecule has 0 aliphatic rings. The zero-order valence-electron chi connectivity index (χ0n) is 14.1. The lowest BCUT2D eigenvalue weighted by Crippen LogP contribution is -2.24. The Hall–Kier alpha value is -2.25. The van der Waals surface area contributed by atoms with E-state index in [1.165, 1.54) is 11.3 Å². The van der Waals surface area contributed by atoms with Crippen molar-refractivity contribution in [2.24, 2.45) is 0 Å². The maximum Gasteiger partial charge on any atom is 0.262 e. The minimum atomic E-state index is -0.486. The molecule has 1 aromatic carbocycles. The Morgan fingerprint density at radius 1 is 1.32 bits per heavy atom. The van der Waals surface area contributed by atoms with Crippen LogP contribution < -0.4 is 10.7 Å². The third kappa shape index (κ3) is 3.17. The van der Waals surface area contributed by atoms with E-state index >= 15 is 0 Å². The molecule has 2 heterocycles. The number of pyridine rings is 1. The number of halogens is 1. The first-order chi connectivity index (χ1) is 12.0. The van der Waals surface area contributed by atoms with Crippen molar-refractivity contribution in [1.82, 2.24) is 14.8 Å². The highest BCUT2D eigenvalue weighted by Gasteiger charge is 2.18. The van der Waals surface area contributed by atoms with Gasteiger partial charge >= 0.3 is 0 Å². The summed E-state index contributed by atoms with van der Waals surface area (Å²) in [5.41, 5.74) is 1.32. The number of anilines is 1. The zero-order chi connectivity index (χ0) is 18.1. The van der Waals surface area contributed by atoms with Crippen LogP contribution in [0, 0.1) is 6.92 Å². The van der Waals surface area contributed by atoms with E-state index in [2.05, 4.69) is 15.5 Å². The Kier molecular flexibility index (Phi) is 4.87. The van der Waals surface area contributed by atoms with Crippen LogP contribution in [0.15, 0.2) is 23.1 Å². The lowest BCUT2D eigenvalue weighted by Gasteiger charge is -2.14. The summed E-state index contributed by atoms with van der Waals surface area (Å²) in [6.07, 6.45) is 2.32. The maximum absolute atomic E-state index is 12.8. The molecule has 0 aliphatic heterocycles. The smallest absolute Gasteiger partial charge is 0.262 e. The van der Waals surface area contributed by atoms with Crippen molar-refractivity contribution in [2.75, 3.05) is 5.32 Å². The molecule has 130 valence electrons. The Morgan fingerprint density at radius 2 is 2.08 bits per heavy atom. The van der Waals surface area contributed by atoms with E-state index < -0.39 is 5.91 Å². The van der Waals surface area contributed by atoms with Crippen LogP contribution in [0.25, 0.3) is 10.9 Å². The number of aromatic nitrogens is 3. The van der Waals surface area contributed by atoms with E-state index in [1.807, 2.05) is 25.3 Å². The van der Waals surface area contributed by atoms with E-state index in [1.54, 1.807) is 18.3 Å². The number of hydrogen-bond donors (Lipinski definition) is 1. The van der Waals surface area contributed by atoms with Crippen molar-refractivity contribution in [3.05, 3.63) is 49.7 Å². The number of carbonyl (C=O) groups is 1. The molecule has 3 aromatic rings. The predicted molar refractivity (Wildman–Crippen MR) is 101 cm³/mol. The number of nitrogens with zero attached hydrogens (tertiary/aromatic N) is 3. The molecule has 0 radical (unpaired) electrons. The summed E-state index contributed by atoms with van der Waals surface area (Å²) in [5, 5.41) is 12.8. The molecule has 0 atom stereocenters. The highest BCUT2D eigenvalue weighted by atomic mass is 35.5. The fraction of sp³-hybridized carbons (Fsp3) is 0.294. The van der Waals surface area contributed by atoms with E-state index in [9.17, 15) is 9.59 Å². The molecule has 0 saturated carbocycles. The van der Waals surface area contributed by atoms with Gasteiger partial charge in [0.25, 0.3) is 5.91 Å². The fourth-order valence-corrected chi connectivity index (χ4v) is 3.50. The highest BCUT2D eigenvalue weighted by Crippen LogP contribution is 2.24. The largest absolute Gasteiger partial charge is 0.346 e. The van der Waals surface area contributed by atoms with Gasteiger partial charge in [-0.05, 0) is 38.0 Å². The Bertz CT molecular complexity index is 1030. The fourth-order valence-electron chi connectivity index (χ4n) is 2.68. The molecule has 0 fully saturated rings. The van der Waals surface area contributed by atoms with Gasteiger partial charge in [0.1, 0.15) is 10.6 Å². The zero-order valence-corrected chi connectivity index (χ0v) is 15.7. The number of fused-ring (bicyclic) bond motifs is 1. The normalized spacial score (nSPS) is 11.0. The quantitative estimate of drug-likeness (QED) is 0.754. The lowest BCUT2D eigenvalue weighted by molar-refractivity contribution is 0.102. The van der Waals surface area contributed by atoms with Crippen LogP contribution in [0.5, 0.6) is 0 Å². The number of rotatable bonds is 4. The van der Waals surface area contributed by atoms with Crippen molar-refractivity contribution in [3.8, 4) is 0 Å². The van der Waals surface area contributed by atoms with Gasteiger partial charge in [-0.15, -0.1) is 10.2 Å². The minimum absolute atomic E-state index is 0.0734. The minimum Gasteiger partial charge on any atom is -0.346 e. The van der Waals surface area contributed by atoms with Gasteiger partial charge in [0.2, 0.25) is 10.6 Å². The predicted octanol–water partition coefficient (Wildman–Crippen LogP) is 3.65. The first-order valence-corrected chi connectivity index (χ1v) is 9.11. The molecule has 0 spiro atoms. The van der Waals surface area contributed by atoms with Gasteiger partial charge in [-0.3, -0.25) is 14.9 Å². The second-order valence-electron chi connectivity index (χ2n) is 5.54. The number of amides is 1. The van der Waals surface area contributed by atoms with Gasteiger partial charge in [0.05, 0.1) is 5.52 Å². The van der Waals surface area contributed by atoms with Crippen LogP contribution in [0.2, 0.25) is 5.02 Å². The summed E-state index contributed by atoms with van der Waals surface area (Å²) in [7, 11) is 0. The van der Waals surface area contributed by atoms with E-state index in [4.69, 9.17) is 11.6 Å². The molecule has 8 heteroatoms. The van der Waals surface area contributed by atoms with Crippen LogP contribution in [-0.2, 0) is 13.0 Å². The van der Waals surface area contributed by atoms with Gasteiger partial charge in [0.15, 0.2) is 0 Å². The number of carbonyl (C=O) groups excluding carboxylic acids is 1. The molecule has 0 saturated heterocycles. The Labute approximate surface area is 153 Å². The molecule has 0 bridgehead atoms. The van der Waals surface area contributed by atoms with Crippen molar-refractivity contribution < 1.29 is 4.79 Å². The highest BCUT2D eigenvalue weighted by molar-refractivity contribution is 7.15. The van der Waals surface area contributed by atoms with Crippen LogP contribution in [-0.4, -0.2) is 20.7 Å². The first-order valence-electron chi connectivity index (χ1n) is 7.92. The van der Waals surface area contributed by atoms with Crippen molar-refractivity contribution in [2.45, 2.75) is 33.7 Å². The summed E-state index contributed by atoms with van der Waals surface area (Å²) in [6, 6.07) is 3.34. The number of benzene rings is 1. The Morgan fingerprint density at radius 3 is 2.72 bits per heavy atom. The second-order valence-corrected chi connectivity index (χ2v) is 7.00. The molecule has 1 N–H and O–H groups in total. The van der Waals surface area contributed by atoms with Gasteiger partial charge in [-0.2, -0.15) is 0 Å². The lowest BCUT2D eigenvalue weighted by atomic mass is 10.1. The number of nitrogens with one attached hydrogen (secondary N) is 1. The first kappa shape index (κ1) is 17.6. The second kappa shape index (κ2) is 6.93. The van der Waals surface area contributed by atoms with E-state index in [-0.39, 0.29) is 11.0 Å². The van der Waals surface area contributed by atoms with Crippen LogP contribution in [0.1, 0.15) is 34.8 Å². The van der Waals surface area contributed by atoms with Crippen LogP contribution in [0.4, 0.5) is 5.13 Å². The summed E-state index contributed by atoms with van der Waals surface area (Å²) in [4.78, 5) is 25.4. The van der Waals surface area contributed by atoms with Crippen LogP contribution in [0.3, 0.4) is 0 Å². The molecule has 6 nitrogen and oxygen atoms in total. The van der Waals surface area contributed by atoms with Crippen LogP contribution >= 0.6 is 22.9 Å². The molecule has 1 amide bonds. The summed E-state index contributed by atoms with van der Waals surface area (Å²) in [5.74, 6) is -0.486. The molecule has 2 aromatic heterocycles. The van der Waals surface area contributed by atoms with Gasteiger partial charge in [-0.1, -0.05) is 29.9 Å². The van der Waals surface area contributed by atoms with E-state index in [0.717, 1.165) is 22.5 Å². The van der Waals surface area contributed by atoms with E-state index in [0.29, 0.717) is 22.1 Å². The average Bonchev–Trinajstić information content (AvgIpc) is 3.06. The van der Waals surface area contributed by atoms with Crippen molar-refractivity contribution in [1.29, 1.82) is 0 Å². The molecule has 0 aliphatic carbocycles. The summed E-state index contributed by atoms with van der Waals surface area (Å²) < 4.78 is 1.87. The van der Waals surface area contributed by atoms with Gasteiger partial charge in [0, 0.05) is 23.2 Å². The number of hydrogen-bond acceptors (Lipinski definition) is 5. The Balaban J connectivity index is 2.10. The summed E-state index contributed by atoms with van der Waals surface area (Å²) >= 11 is 7.49. The van der Waals surface area contributed by atoms with Crippen molar-refractivity contribution in [3.63, 3.8) is 0 Å². The average molecular weight is 377 g/mol. The van der Waals surface area contributed by atoms with Gasteiger partial charge in [-0.25, -0.2) is 0 Å². The maximum atomic E-state index is 12.8. The third-order valence-corrected chi connectivity index (χ3v) is 5.39. The van der Waals surface area contributed by atoms with Crippen molar-refractivity contribution >= 4 is 44.9 Å². The number of aryl methyl sites for hydroxylation is 3. The third-order valence-electron chi connectivity index (χ3n) is 4.00. The summed E-state index contributed by atoms with van der Waals surface area (Å²) in [6.45, 7) is 6.38. The van der Waals surface area contributed by atoms with Gasteiger partial charge < -0.3 is 4.57 Å². The SMILES string of the molecule is CCc1nnc(NC(=O)c2cn(CC)c3c(C)c(Cl)ccc3c2=O)s1. The topological polar surface area (TPSA) is 76.9 Å². The standard InChI is InChI=1S/C17H17ClN4O2S/c1-4-13-20-21-17(25-13)19-16(24)11-8-22(5-2)14-9(3)12(18)7-6-10(14)15(11)23/h6-8H,4-5H2,1-3H3,(H,19,21,24). The molecular weight excluding hydrogens is 360 g/mol. The monoisotopic (exact) mass is 376 g/mol. The molecule has 25 heavy (non-hydrogen) atoms. The molecule has 3 rings (SSSR count). The molecular formula is C17H17ClN4O2S.